The molecule has 2 atom stereocenters. The van der Waals surface area contributed by atoms with Crippen LogP contribution in [0.1, 0.15) is 36.8 Å². The molecule has 0 saturated heterocycles. The molecule has 0 spiro atoms. The summed E-state index contributed by atoms with van der Waals surface area (Å²) >= 11 is 6.65. The third kappa shape index (κ3) is 2.94. The average Bonchev–Trinajstić information content (AvgIpc) is 2.47. The van der Waals surface area contributed by atoms with Gasteiger partial charge in [0.25, 0.3) is 0 Å². The maximum atomic E-state index is 6.65. The van der Waals surface area contributed by atoms with E-state index in [1.54, 1.807) is 0 Å². The molecular formula is C17H19Cl. The van der Waals surface area contributed by atoms with E-state index in [0.717, 1.165) is 0 Å². The molecule has 2 aromatic carbocycles. The smallest absolute Gasteiger partial charge is 0.0467 e. The Labute approximate surface area is 115 Å². The Kier molecular flexibility index (Phi) is 4.43. The Bertz CT molecular complexity index is 418. The van der Waals surface area contributed by atoms with E-state index in [1.165, 1.54) is 11.1 Å². The van der Waals surface area contributed by atoms with Crippen LogP contribution in [-0.4, -0.2) is 5.38 Å². The summed E-state index contributed by atoms with van der Waals surface area (Å²) in [5.41, 5.74) is 2.61. The zero-order chi connectivity index (χ0) is 13.0. The Hall–Kier alpha value is -1.27. The second kappa shape index (κ2) is 6.06. The van der Waals surface area contributed by atoms with Crippen molar-refractivity contribution in [2.75, 3.05) is 0 Å². The summed E-state index contributed by atoms with van der Waals surface area (Å²) in [4.78, 5) is 0. The molecule has 0 aliphatic carbocycles. The highest BCUT2D eigenvalue weighted by atomic mass is 35.5. The minimum absolute atomic E-state index is 0.106. The molecule has 0 amide bonds. The minimum Gasteiger partial charge on any atom is -0.122 e. The van der Waals surface area contributed by atoms with Gasteiger partial charge in [-0.3, -0.25) is 0 Å². The highest BCUT2D eigenvalue weighted by Crippen LogP contribution is 2.33. The highest BCUT2D eigenvalue weighted by Gasteiger charge is 2.23. The van der Waals surface area contributed by atoms with E-state index in [4.69, 9.17) is 11.6 Å². The van der Waals surface area contributed by atoms with Crippen LogP contribution in [0, 0.1) is 0 Å². The van der Waals surface area contributed by atoms with Crippen LogP contribution in [-0.2, 0) is 0 Å². The van der Waals surface area contributed by atoms with Gasteiger partial charge in [-0.1, -0.05) is 74.5 Å². The fourth-order valence-corrected chi connectivity index (χ4v) is 2.60. The van der Waals surface area contributed by atoms with E-state index in [1.807, 2.05) is 12.1 Å². The van der Waals surface area contributed by atoms with Gasteiger partial charge < -0.3 is 0 Å². The van der Waals surface area contributed by atoms with Gasteiger partial charge >= 0.3 is 0 Å². The largest absolute Gasteiger partial charge is 0.122 e. The molecule has 0 heterocycles. The highest BCUT2D eigenvalue weighted by molar-refractivity contribution is 6.21. The van der Waals surface area contributed by atoms with Crippen LogP contribution in [0.25, 0.3) is 0 Å². The Morgan fingerprint density at radius 3 is 1.33 bits per heavy atom. The summed E-state index contributed by atoms with van der Waals surface area (Å²) in [6.07, 6.45) is 0. The Morgan fingerprint density at radius 2 is 1.00 bits per heavy atom. The summed E-state index contributed by atoms with van der Waals surface area (Å²) in [5, 5.41) is 0.106. The average molecular weight is 259 g/mol. The topological polar surface area (TPSA) is 0 Å². The maximum Gasteiger partial charge on any atom is 0.0467 e. The van der Waals surface area contributed by atoms with Gasteiger partial charge in [0.2, 0.25) is 0 Å². The Morgan fingerprint density at radius 1 is 0.667 bits per heavy atom. The van der Waals surface area contributed by atoms with Crippen molar-refractivity contribution in [2.24, 2.45) is 0 Å². The van der Waals surface area contributed by atoms with Crippen LogP contribution < -0.4 is 0 Å². The van der Waals surface area contributed by atoms with Gasteiger partial charge in [-0.2, -0.15) is 0 Å². The molecule has 0 nitrogen and oxygen atoms in total. The number of benzene rings is 2. The first kappa shape index (κ1) is 13.2. The molecule has 0 bridgehead atoms. The van der Waals surface area contributed by atoms with Crippen molar-refractivity contribution in [3.05, 3.63) is 71.8 Å². The molecule has 0 radical (unpaired) electrons. The fourth-order valence-electron chi connectivity index (χ4n) is 2.31. The molecule has 0 aromatic heterocycles. The summed E-state index contributed by atoms with van der Waals surface area (Å²) in [5.74, 6) is 0.700. The van der Waals surface area contributed by atoms with Crippen LogP contribution in [0.5, 0.6) is 0 Å². The van der Waals surface area contributed by atoms with Crippen molar-refractivity contribution < 1.29 is 0 Å². The van der Waals surface area contributed by atoms with E-state index in [9.17, 15) is 0 Å². The molecule has 18 heavy (non-hydrogen) atoms. The van der Waals surface area contributed by atoms with Crippen molar-refractivity contribution in [3.63, 3.8) is 0 Å². The monoisotopic (exact) mass is 258 g/mol. The number of rotatable bonds is 4. The Balaban J connectivity index is 2.14. The molecular weight excluding hydrogens is 240 g/mol. The van der Waals surface area contributed by atoms with E-state index < -0.39 is 0 Å². The minimum atomic E-state index is 0.106. The standard InChI is InChI=1S/C17H19Cl/c1-13(15-9-5-3-6-10-15)17(18)14(2)16-11-7-4-8-12-16/h3-14,17H,1-2H3/t13-,14-/m1/s1. The normalized spacial score (nSPS) is 14.4. The van der Waals surface area contributed by atoms with Gasteiger partial charge in [0.05, 0.1) is 0 Å². The molecule has 2 aromatic rings. The molecule has 0 aliphatic rings. The van der Waals surface area contributed by atoms with Crippen LogP contribution in [0.4, 0.5) is 0 Å². The zero-order valence-corrected chi connectivity index (χ0v) is 11.6. The quantitative estimate of drug-likeness (QED) is 0.661. The lowest BCUT2D eigenvalue weighted by molar-refractivity contribution is 0.603. The SMILES string of the molecule is C[C@H](c1ccccc1)C(Cl)[C@H](C)c1ccccc1. The number of alkyl halides is 1. The van der Waals surface area contributed by atoms with Crippen molar-refractivity contribution in [1.82, 2.24) is 0 Å². The molecule has 0 saturated carbocycles. The van der Waals surface area contributed by atoms with Crippen molar-refractivity contribution >= 4 is 11.6 Å². The molecule has 94 valence electrons. The van der Waals surface area contributed by atoms with Gasteiger partial charge in [0, 0.05) is 5.38 Å². The van der Waals surface area contributed by atoms with Crippen LogP contribution >= 0.6 is 11.6 Å². The number of hydrogen-bond acceptors (Lipinski definition) is 0. The first-order chi connectivity index (χ1) is 8.70. The summed E-state index contributed by atoms with van der Waals surface area (Å²) in [6.45, 7) is 4.40. The maximum absolute atomic E-state index is 6.65. The molecule has 0 aliphatic heterocycles. The zero-order valence-electron chi connectivity index (χ0n) is 10.9. The first-order valence-electron chi connectivity index (χ1n) is 6.44. The van der Waals surface area contributed by atoms with Crippen LogP contribution in [0.3, 0.4) is 0 Å². The van der Waals surface area contributed by atoms with Gasteiger partial charge in [0.15, 0.2) is 0 Å². The summed E-state index contributed by atoms with van der Waals surface area (Å²) < 4.78 is 0. The third-order valence-corrected chi connectivity index (χ3v) is 4.36. The van der Waals surface area contributed by atoms with Gasteiger partial charge in [-0.15, -0.1) is 11.6 Å². The second-order valence-electron chi connectivity index (χ2n) is 4.84. The lowest BCUT2D eigenvalue weighted by Gasteiger charge is -2.25. The van der Waals surface area contributed by atoms with Crippen molar-refractivity contribution in [3.8, 4) is 0 Å². The number of hydrogen-bond donors (Lipinski definition) is 0. The van der Waals surface area contributed by atoms with E-state index in [0.29, 0.717) is 11.8 Å². The van der Waals surface area contributed by atoms with Crippen LogP contribution in [0.15, 0.2) is 60.7 Å². The summed E-state index contributed by atoms with van der Waals surface area (Å²) in [7, 11) is 0. The summed E-state index contributed by atoms with van der Waals surface area (Å²) in [6, 6.07) is 21.0. The lowest BCUT2D eigenvalue weighted by Crippen LogP contribution is -2.17. The van der Waals surface area contributed by atoms with E-state index >= 15 is 0 Å². The van der Waals surface area contributed by atoms with E-state index in [-0.39, 0.29) is 5.38 Å². The third-order valence-electron chi connectivity index (χ3n) is 3.61. The second-order valence-corrected chi connectivity index (χ2v) is 5.35. The van der Waals surface area contributed by atoms with Crippen molar-refractivity contribution in [2.45, 2.75) is 31.1 Å². The molecule has 2 rings (SSSR count). The number of halogens is 1. The van der Waals surface area contributed by atoms with Gasteiger partial charge in [-0.25, -0.2) is 0 Å². The molecule has 1 heteroatoms. The first-order valence-corrected chi connectivity index (χ1v) is 6.87. The molecule has 0 unspecified atom stereocenters. The molecule has 0 N–H and O–H groups in total. The van der Waals surface area contributed by atoms with Crippen LogP contribution in [0.2, 0.25) is 0 Å². The fraction of sp³-hybridized carbons (Fsp3) is 0.294. The van der Waals surface area contributed by atoms with Gasteiger partial charge in [-0.05, 0) is 23.0 Å². The lowest BCUT2D eigenvalue weighted by atomic mass is 9.87. The van der Waals surface area contributed by atoms with E-state index in [2.05, 4.69) is 62.4 Å². The predicted molar refractivity (Wildman–Crippen MR) is 79.4 cm³/mol. The molecule has 0 fully saturated rings. The predicted octanol–water partition coefficient (Wildman–Crippen LogP) is 5.20. The van der Waals surface area contributed by atoms with Gasteiger partial charge in [0.1, 0.15) is 0 Å². The van der Waals surface area contributed by atoms with Crippen molar-refractivity contribution in [1.29, 1.82) is 0 Å².